The first-order chi connectivity index (χ1) is 9.54. The number of ether oxygens (including phenoxy) is 1. The summed E-state index contributed by atoms with van der Waals surface area (Å²) in [4.78, 5) is 2.48. The monoisotopic (exact) mass is 276 g/mol. The van der Waals surface area contributed by atoms with Gasteiger partial charge in [-0.15, -0.1) is 0 Å². The smallest absolute Gasteiger partial charge is 0.123 e. The summed E-state index contributed by atoms with van der Waals surface area (Å²) in [5, 5.41) is 3.52. The summed E-state index contributed by atoms with van der Waals surface area (Å²) in [6.07, 6.45) is 2.68. The van der Waals surface area contributed by atoms with Gasteiger partial charge in [0.05, 0.1) is 0 Å². The lowest BCUT2D eigenvalue weighted by atomic mass is 10.1. The number of likely N-dealkylation sites (tertiary alicyclic amines) is 1. The van der Waals surface area contributed by atoms with Gasteiger partial charge in [-0.3, -0.25) is 4.90 Å². The summed E-state index contributed by atoms with van der Waals surface area (Å²) in [5.74, 6) is 1.02. The van der Waals surface area contributed by atoms with Gasteiger partial charge in [0.2, 0.25) is 0 Å². The molecule has 0 saturated carbocycles. The van der Waals surface area contributed by atoms with Crippen LogP contribution in [-0.4, -0.2) is 36.7 Å². The number of benzene rings is 1. The van der Waals surface area contributed by atoms with Crippen molar-refractivity contribution in [3.05, 3.63) is 29.8 Å². The van der Waals surface area contributed by atoms with Gasteiger partial charge in [-0.05, 0) is 52.8 Å². The van der Waals surface area contributed by atoms with E-state index in [1.807, 2.05) is 6.07 Å². The molecule has 0 radical (unpaired) electrons. The number of hydrogen-bond donors (Lipinski definition) is 1. The molecule has 0 spiro atoms. The molecule has 112 valence electrons. The first kappa shape index (κ1) is 15.3. The van der Waals surface area contributed by atoms with Crippen molar-refractivity contribution in [1.29, 1.82) is 0 Å². The van der Waals surface area contributed by atoms with E-state index in [4.69, 9.17) is 4.74 Å². The van der Waals surface area contributed by atoms with Crippen LogP contribution in [0.2, 0.25) is 0 Å². The van der Waals surface area contributed by atoms with Crippen LogP contribution in [0.1, 0.15) is 39.2 Å². The molecule has 1 heterocycles. The summed E-state index contributed by atoms with van der Waals surface area (Å²) in [7, 11) is 0. The second kappa shape index (κ2) is 7.09. The molecule has 2 rings (SSSR count). The maximum absolute atomic E-state index is 5.98. The van der Waals surface area contributed by atoms with Crippen LogP contribution in [0.25, 0.3) is 0 Å². The number of nitrogens with zero attached hydrogens (tertiary/aromatic N) is 1. The Kier molecular flexibility index (Phi) is 5.44. The minimum atomic E-state index is 0.128. The molecule has 3 nitrogen and oxygen atoms in total. The Bertz CT molecular complexity index is 406. The molecular weight excluding hydrogens is 248 g/mol. The lowest BCUT2D eigenvalue weighted by molar-refractivity contribution is 0.235. The summed E-state index contributed by atoms with van der Waals surface area (Å²) >= 11 is 0. The third-order valence-corrected chi connectivity index (χ3v) is 3.65. The van der Waals surface area contributed by atoms with Gasteiger partial charge >= 0.3 is 0 Å². The maximum Gasteiger partial charge on any atom is 0.123 e. The molecule has 1 N–H and O–H groups in total. The van der Waals surface area contributed by atoms with Crippen molar-refractivity contribution >= 4 is 0 Å². The van der Waals surface area contributed by atoms with Crippen molar-refractivity contribution in [2.45, 2.75) is 45.7 Å². The van der Waals surface area contributed by atoms with Gasteiger partial charge in [0.25, 0.3) is 0 Å². The summed E-state index contributed by atoms with van der Waals surface area (Å²) < 4.78 is 5.98. The Hall–Kier alpha value is -1.06. The molecule has 3 heteroatoms. The average Bonchev–Trinajstić information content (AvgIpc) is 2.90. The number of para-hydroxylation sites is 1. The van der Waals surface area contributed by atoms with E-state index < -0.39 is 0 Å². The fourth-order valence-corrected chi connectivity index (χ4v) is 2.44. The van der Waals surface area contributed by atoms with Crippen LogP contribution >= 0.6 is 0 Å². The van der Waals surface area contributed by atoms with E-state index >= 15 is 0 Å². The zero-order valence-electron chi connectivity index (χ0n) is 13.1. The predicted octanol–water partition coefficient (Wildman–Crippen LogP) is 3.05. The largest absolute Gasteiger partial charge is 0.492 e. The third-order valence-electron chi connectivity index (χ3n) is 3.65. The van der Waals surface area contributed by atoms with Gasteiger partial charge in [-0.25, -0.2) is 0 Å². The highest BCUT2D eigenvalue weighted by Gasteiger charge is 2.13. The van der Waals surface area contributed by atoms with Gasteiger partial charge < -0.3 is 10.1 Å². The molecular formula is C17H28N2O. The van der Waals surface area contributed by atoms with E-state index in [1.165, 1.54) is 31.5 Å². The predicted molar refractivity (Wildman–Crippen MR) is 84.2 cm³/mol. The molecule has 1 aliphatic rings. The lowest BCUT2D eigenvalue weighted by Gasteiger charge is -2.22. The Morgan fingerprint density at radius 1 is 1.15 bits per heavy atom. The Morgan fingerprint density at radius 3 is 2.55 bits per heavy atom. The zero-order valence-corrected chi connectivity index (χ0v) is 13.1. The van der Waals surface area contributed by atoms with Gasteiger partial charge in [-0.2, -0.15) is 0 Å². The van der Waals surface area contributed by atoms with Crippen LogP contribution in [0.15, 0.2) is 24.3 Å². The van der Waals surface area contributed by atoms with Crippen molar-refractivity contribution in [2.24, 2.45) is 0 Å². The molecule has 1 aromatic rings. The van der Waals surface area contributed by atoms with Gasteiger partial charge in [-0.1, -0.05) is 18.2 Å². The van der Waals surface area contributed by atoms with E-state index in [0.29, 0.717) is 0 Å². The van der Waals surface area contributed by atoms with Crippen molar-refractivity contribution in [2.75, 3.05) is 26.2 Å². The van der Waals surface area contributed by atoms with Crippen molar-refractivity contribution in [3.8, 4) is 5.75 Å². The molecule has 0 unspecified atom stereocenters. The fourth-order valence-electron chi connectivity index (χ4n) is 2.44. The Labute approximate surface area is 123 Å². The van der Waals surface area contributed by atoms with Crippen LogP contribution in [0.5, 0.6) is 5.75 Å². The fraction of sp³-hybridized carbons (Fsp3) is 0.647. The minimum absolute atomic E-state index is 0.128. The minimum Gasteiger partial charge on any atom is -0.492 e. The lowest BCUT2D eigenvalue weighted by Crippen LogP contribution is -2.35. The average molecular weight is 276 g/mol. The third kappa shape index (κ3) is 5.14. The maximum atomic E-state index is 5.98. The molecule has 0 aromatic heterocycles. The molecule has 20 heavy (non-hydrogen) atoms. The van der Waals surface area contributed by atoms with Crippen LogP contribution in [-0.2, 0) is 6.54 Å². The quantitative estimate of drug-likeness (QED) is 0.864. The number of rotatable bonds is 6. The standard InChI is InChI=1S/C17H28N2O/c1-17(2,3)18-14-15-8-4-5-9-16(15)20-13-12-19-10-6-7-11-19/h4-5,8-9,18H,6-7,10-14H2,1-3H3. The van der Waals surface area contributed by atoms with Crippen molar-refractivity contribution in [3.63, 3.8) is 0 Å². The Morgan fingerprint density at radius 2 is 1.85 bits per heavy atom. The van der Waals surface area contributed by atoms with E-state index in [9.17, 15) is 0 Å². The first-order valence-electron chi connectivity index (χ1n) is 7.73. The summed E-state index contributed by atoms with van der Waals surface area (Å²) in [5.41, 5.74) is 1.37. The normalized spacial score (nSPS) is 16.6. The van der Waals surface area contributed by atoms with Gasteiger partial charge in [0.1, 0.15) is 12.4 Å². The zero-order chi connectivity index (χ0) is 14.4. The number of hydrogen-bond acceptors (Lipinski definition) is 3. The van der Waals surface area contributed by atoms with E-state index in [-0.39, 0.29) is 5.54 Å². The highest BCUT2D eigenvalue weighted by atomic mass is 16.5. The summed E-state index contributed by atoms with van der Waals surface area (Å²) in [6.45, 7) is 11.7. The molecule has 0 aliphatic carbocycles. The van der Waals surface area contributed by atoms with Crippen LogP contribution in [0, 0.1) is 0 Å². The van der Waals surface area contributed by atoms with E-state index in [0.717, 1.165) is 25.4 Å². The van der Waals surface area contributed by atoms with Crippen LogP contribution in [0.3, 0.4) is 0 Å². The van der Waals surface area contributed by atoms with Crippen LogP contribution < -0.4 is 10.1 Å². The molecule has 0 amide bonds. The van der Waals surface area contributed by atoms with E-state index in [1.54, 1.807) is 0 Å². The molecule has 1 fully saturated rings. The van der Waals surface area contributed by atoms with Crippen molar-refractivity contribution in [1.82, 2.24) is 10.2 Å². The highest BCUT2D eigenvalue weighted by molar-refractivity contribution is 5.33. The molecule has 1 aromatic carbocycles. The molecule has 1 saturated heterocycles. The number of nitrogens with one attached hydrogen (secondary N) is 1. The summed E-state index contributed by atoms with van der Waals surface area (Å²) in [6, 6.07) is 8.34. The SMILES string of the molecule is CC(C)(C)NCc1ccccc1OCCN1CCCC1. The Balaban J connectivity index is 1.83. The van der Waals surface area contributed by atoms with Gasteiger partial charge in [0, 0.05) is 24.2 Å². The van der Waals surface area contributed by atoms with Crippen LogP contribution in [0.4, 0.5) is 0 Å². The highest BCUT2D eigenvalue weighted by Crippen LogP contribution is 2.19. The van der Waals surface area contributed by atoms with E-state index in [2.05, 4.69) is 49.2 Å². The second-order valence-corrected chi connectivity index (χ2v) is 6.61. The molecule has 0 atom stereocenters. The first-order valence-corrected chi connectivity index (χ1v) is 7.73. The topological polar surface area (TPSA) is 24.5 Å². The van der Waals surface area contributed by atoms with Crippen molar-refractivity contribution < 1.29 is 4.74 Å². The second-order valence-electron chi connectivity index (χ2n) is 6.61. The molecule has 0 bridgehead atoms. The van der Waals surface area contributed by atoms with Gasteiger partial charge in [0.15, 0.2) is 0 Å². The molecule has 1 aliphatic heterocycles.